The molecule has 178 valence electrons. The summed E-state index contributed by atoms with van der Waals surface area (Å²) in [5.74, 6) is 1.66. The summed E-state index contributed by atoms with van der Waals surface area (Å²) in [6.45, 7) is 12.2. The maximum atomic E-state index is 6.20. The third-order valence-corrected chi connectivity index (χ3v) is 8.40. The standard InChI is InChI=1S/C26H46O4Si/c1-6-7-8-18-27-25-14-10-23(11-15-25)24-12-16-26(17-13-24)28-19-9-20-31(29-21(2)3)30-22(4)5/h10-11,14-15,21-22,24,26,31H,6-9,12-13,16-20H2,1-5H3/t24-,26-. The lowest BCUT2D eigenvalue weighted by atomic mass is 9.83. The second-order valence-electron chi connectivity index (χ2n) is 9.41. The predicted octanol–water partition coefficient (Wildman–Crippen LogP) is 6.76. The number of hydrogen-bond acceptors (Lipinski definition) is 4. The fraction of sp³-hybridized carbons (Fsp3) is 0.769. The van der Waals surface area contributed by atoms with Crippen molar-refractivity contribution in [1.29, 1.82) is 0 Å². The Labute approximate surface area is 192 Å². The molecule has 4 nitrogen and oxygen atoms in total. The highest BCUT2D eigenvalue weighted by atomic mass is 28.3. The van der Waals surface area contributed by atoms with Crippen LogP contribution in [0.25, 0.3) is 0 Å². The Kier molecular flexibility index (Phi) is 12.8. The van der Waals surface area contributed by atoms with E-state index in [1.54, 1.807) is 0 Å². The number of unbranched alkanes of at least 4 members (excludes halogenated alkanes) is 2. The van der Waals surface area contributed by atoms with Crippen LogP contribution in [0, 0.1) is 0 Å². The first-order valence-corrected chi connectivity index (χ1v) is 14.4. The summed E-state index contributed by atoms with van der Waals surface area (Å²) in [7, 11) is -1.58. The lowest BCUT2D eigenvalue weighted by Crippen LogP contribution is -2.30. The normalized spacial score (nSPS) is 19.5. The molecule has 5 heteroatoms. The quantitative estimate of drug-likeness (QED) is 0.218. The minimum atomic E-state index is -1.58. The van der Waals surface area contributed by atoms with Crippen LogP contribution >= 0.6 is 0 Å². The molecule has 1 aromatic rings. The van der Waals surface area contributed by atoms with E-state index in [2.05, 4.69) is 58.9 Å². The van der Waals surface area contributed by atoms with Gasteiger partial charge < -0.3 is 18.3 Å². The summed E-state index contributed by atoms with van der Waals surface area (Å²) in [6, 6.07) is 9.83. The molecule has 0 amide bonds. The van der Waals surface area contributed by atoms with Gasteiger partial charge in [-0.2, -0.15) is 0 Å². The third kappa shape index (κ3) is 11.0. The van der Waals surface area contributed by atoms with E-state index in [1.165, 1.54) is 31.2 Å². The van der Waals surface area contributed by atoms with E-state index in [1.807, 2.05) is 0 Å². The highest BCUT2D eigenvalue weighted by molar-refractivity contribution is 6.44. The van der Waals surface area contributed by atoms with Gasteiger partial charge in [0.25, 0.3) is 0 Å². The molecular weight excluding hydrogens is 404 g/mol. The van der Waals surface area contributed by atoms with E-state index in [-0.39, 0.29) is 12.2 Å². The highest BCUT2D eigenvalue weighted by Gasteiger charge is 2.23. The van der Waals surface area contributed by atoms with Gasteiger partial charge in [-0.25, -0.2) is 0 Å². The van der Waals surface area contributed by atoms with Gasteiger partial charge in [-0.15, -0.1) is 0 Å². The molecule has 1 aromatic carbocycles. The molecule has 0 spiro atoms. The average molecular weight is 451 g/mol. The predicted molar refractivity (Wildman–Crippen MR) is 131 cm³/mol. The molecule has 0 atom stereocenters. The van der Waals surface area contributed by atoms with Crippen molar-refractivity contribution in [2.24, 2.45) is 0 Å². The molecule has 0 heterocycles. The van der Waals surface area contributed by atoms with E-state index in [4.69, 9.17) is 18.3 Å². The second kappa shape index (κ2) is 15.0. The summed E-state index contributed by atoms with van der Waals surface area (Å²) in [4.78, 5) is 0. The first kappa shape index (κ1) is 26.4. The van der Waals surface area contributed by atoms with E-state index >= 15 is 0 Å². The van der Waals surface area contributed by atoms with Gasteiger partial charge in [-0.05, 0) is 95.9 Å². The van der Waals surface area contributed by atoms with Crippen LogP contribution in [0.5, 0.6) is 5.75 Å². The third-order valence-electron chi connectivity index (χ3n) is 5.83. The average Bonchev–Trinajstić information content (AvgIpc) is 2.74. The molecular formula is C26H46O4Si. The monoisotopic (exact) mass is 450 g/mol. The largest absolute Gasteiger partial charge is 0.494 e. The summed E-state index contributed by atoms with van der Waals surface area (Å²) in [5, 5.41) is 0. The van der Waals surface area contributed by atoms with Crippen LogP contribution in [0.3, 0.4) is 0 Å². The van der Waals surface area contributed by atoms with Crippen LogP contribution in [0.2, 0.25) is 6.04 Å². The molecule has 1 aliphatic rings. The summed E-state index contributed by atoms with van der Waals surface area (Å²) >= 11 is 0. The Balaban J connectivity index is 1.63. The molecule has 0 saturated heterocycles. The maximum absolute atomic E-state index is 6.20. The van der Waals surface area contributed by atoms with Crippen molar-refractivity contribution in [3.63, 3.8) is 0 Å². The molecule has 0 aromatic heterocycles. The highest BCUT2D eigenvalue weighted by Crippen LogP contribution is 2.34. The summed E-state index contributed by atoms with van der Waals surface area (Å²) in [6.07, 6.45) is 10.3. The van der Waals surface area contributed by atoms with Crippen LogP contribution in [0.4, 0.5) is 0 Å². The molecule has 0 bridgehead atoms. The molecule has 2 rings (SSSR count). The van der Waals surface area contributed by atoms with Crippen LogP contribution < -0.4 is 4.74 Å². The van der Waals surface area contributed by atoms with Crippen molar-refractivity contribution in [3.05, 3.63) is 29.8 Å². The number of rotatable bonds is 15. The SMILES string of the molecule is CCCCCOc1ccc([C@H]2CC[C@H](OCCC[SiH](OC(C)C)OC(C)C)CC2)cc1. The first-order chi connectivity index (χ1) is 15.0. The minimum absolute atomic E-state index is 0.244. The fourth-order valence-electron chi connectivity index (χ4n) is 4.22. The summed E-state index contributed by atoms with van der Waals surface area (Å²) in [5.41, 5.74) is 1.45. The van der Waals surface area contributed by atoms with Crippen molar-refractivity contribution in [3.8, 4) is 5.75 Å². The van der Waals surface area contributed by atoms with Gasteiger partial charge in [0.05, 0.1) is 12.7 Å². The zero-order valence-corrected chi connectivity index (χ0v) is 21.8. The van der Waals surface area contributed by atoms with Gasteiger partial charge in [0.15, 0.2) is 0 Å². The van der Waals surface area contributed by atoms with E-state index in [0.29, 0.717) is 12.0 Å². The Hall–Kier alpha value is -0.883. The van der Waals surface area contributed by atoms with Gasteiger partial charge in [-0.1, -0.05) is 31.9 Å². The van der Waals surface area contributed by atoms with Crippen LogP contribution in [0.15, 0.2) is 24.3 Å². The molecule has 31 heavy (non-hydrogen) atoms. The molecule has 1 saturated carbocycles. The molecule has 0 aliphatic heterocycles. The van der Waals surface area contributed by atoms with E-state index < -0.39 is 9.28 Å². The van der Waals surface area contributed by atoms with Crippen molar-refractivity contribution in [2.45, 2.75) is 116 Å². The Morgan fingerprint density at radius 3 is 2.06 bits per heavy atom. The molecule has 0 radical (unpaired) electrons. The Morgan fingerprint density at radius 1 is 0.839 bits per heavy atom. The fourth-order valence-corrected chi connectivity index (χ4v) is 6.27. The number of hydrogen-bond donors (Lipinski definition) is 0. The van der Waals surface area contributed by atoms with E-state index in [9.17, 15) is 0 Å². The Morgan fingerprint density at radius 2 is 1.48 bits per heavy atom. The van der Waals surface area contributed by atoms with Gasteiger partial charge in [0, 0.05) is 18.8 Å². The topological polar surface area (TPSA) is 36.9 Å². The van der Waals surface area contributed by atoms with Crippen molar-refractivity contribution in [2.75, 3.05) is 13.2 Å². The second-order valence-corrected chi connectivity index (χ2v) is 11.4. The lowest BCUT2D eigenvalue weighted by Gasteiger charge is -2.29. The summed E-state index contributed by atoms with van der Waals surface area (Å²) < 4.78 is 24.1. The molecule has 1 fully saturated rings. The van der Waals surface area contributed by atoms with Gasteiger partial charge in [-0.3, -0.25) is 0 Å². The number of benzene rings is 1. The lowest BCUT2D eigenvalue weighted by molar-refractivity contribution is 0.0237. The van der Waals surface area contributed by atoms with Crippen molar-refractivity contribution < 1.29 is 18.3 Å². The molecule has 0 N–H and O–H groups in total. The van der Waals surface area contributed by atoms with Gasteiger partial charge in [0.1, 0.15) is 5.75 Å². The first-order valence-electron chi connectivity index (χ1n) is 12.6. The molecule has 1 aliphatic carbocycles. The van der Waals surface area contributed by atoms with Crippen LogP contribution in [-0.4, -0.2) is 40.8 Å². The maximum Gasteiger partial charge on any atom is 0.321 e. The smallest absolute Gasteiger partial charge is 0.321 e. The van der Waals surface area contributed by atoms with E-state index in [0.717, 1.165) is 50.7 Å². The number of ether oxygens (including phenoxy) is 2. The van der Waals surface area contributed by atoms with Crippen LogP contribution in [-0.2, 0) is 13.6 Å². The van der Waals surface area contributed by atoms with Gasteiger partial charge in [0.2, 0.25) is 0 Å². The molecule has 0 unspecified atom stereocenters. The minimum Gasteiger partial charge on any atom is -0.494 e. The van der Waals surface area contributed by atoms with Crippen molar-refractivity contribution >= 4 is 9.28 Å². The van der Waals surface area contributed by atoms with Crippen molar-refractivity contribution in [1.82, 2.24) is 0 Å². The Bertz CT molecular complexity index is 557. The van der Waals surface area contributed by atoms with Gasteiger partial charge >= 0.3 is 9.28 Å². The van der Waals surface area contributed by atoms with Crippen LogP contribution in [0.1, 0.15) is 97.5 Å². The zero-order chi connectivity index (χ0) is 22.5. The zero-order valence-electron chi connectivity index (χ0n) is 20.6.